The second-order valence-corrected chi connectivity index (χ2v) is 9.19. The molecule has 144 valence electrons. The second-order valence-electron chi connectivity index (χ2n) is 7.02. The molecule has 2 heterocycles. The summed E-state index contributed by atoms with van der Waals surface area (Å²) in [6.45, 7) is 6.17. The Hall–Kier alpha value is -2.18. The summed E-state index contributed by atoms with van der Waals surface area (Å²) in [4.78, 5) is 32.3. The third-order valence-corrected chi connectivity index (χ3v) is 7.65. The van der Waals surface area contributed by atoms with Crippen LogP contribution in [-0.4, -0.2) is 20.6 Å². The van der Waals surface area contributed by atoms with E-state index in [-0.39, 0.29) is 16.6 Å². The molecule has 0 aliphatic heterocycles. The van der Waals surface area contributed by atoms with Crippen molar-refractivity contribution in [3.05, 3.63) is 58.9 Å². The first-order valence-corrected chi connectivity index (χ1v) is 11.2. The Bertz CT molecular complexity index is 1100. The highest BCUT2D eigenvalue weighted by Crippen LogP contribution is 2.37. The van der Waals surface area contributed by atoms with Crippen molar-refractivity contribution in [3.8, 4) is 10.4 Å². The summed E-state index contributed by atoms with van der Waals surface area (Å²) in [6, 6.07) is 10.1. The Morgan fingerprint density at radius 1 is 1.29 bits per heavy atom. The zero-order valence-electron chi connectivity index (χ0n) is 15.8. The number of ketones is 1. The summed E-state index contributed by atoms with van der Waals surface area (Å²) in [7, 11) is 0. The molecule has 0 amide bonds. The second kappa shape index (κ2) is 8.05. The van der Waals surface area contributed by atoms with E-state index in [0.29, 0.717) is 23.5 Å². The molecule has 4 nitrogen and oxygen atoms in total. The maximum absolute atomic E-state index is 13.3. The highest BCUT2D eigenvalue weighted by Gasteiger charge is 2.26. The average Bonchev–Trinajstić information content (AvgIpc) is 3.04. The Balaban J connectivity index is 1.86. The molecule has 0 spiro atoms. The Morgan fingerprint density at radius 3 is 2.79 bits per heavy atom. The van der Waals surface area contributed by atoms with Crippen molar-refractivity contribution in [2.45, 2.75) is 49.6 Å². The first-order chi connectivity index (χ1) is 13.6. The quantitative estimate of drug-likeness (QED) is 0.427. The van der Waals surface area contributed by atoms with Crippen LogP contribution in [-0.2, 0) is 11.3 Å². The molecule has 1 fully saturated rings. The number of fused-ring (bicyclic) bond motifs is 1. The molecule has 0 saturated heterocycles. The molecule has 0 bridgehead atoms. The van der Waals surface area contributed by atoms with E-state index >= 15 is 0 Å². The van der Waals surface area contributed by atoms with Crippen LogP contribution in [0.1, 0.15) is 31.2 Å². The number of thiophene rings is 1. The van der Waals surface area contributed by atoms with Gasteiger partial charge in [-0.2, -0.15) is 0 Å². The number of hydrogen-bond donors (Lipinski definition) is 0. The molecule has 1 aliphatic carbocycles. The largest absolute Gasteiger partial charge is 0.298 e. The van der Waals surface area contributed by atoms with Crippen LogP contribution in [0.4, 0.5) is 0 Å². The molecule has 3 aromatic rings. The van der Waals surface area contributed by atoms with Gasteiger partial charge in [0.2, 0.25) is 0 Å². The predicted octanol–water partition coefficient (Wildman–Crippen LogP) is 5.22. The third kappa shape index (κ3) is 3.47. The number of thioether (sulfide) groups is 1. The van der Waals surface area contributed by atoms with E-state index < -0.39 is 0 Å². The fourth-order valence-corrected chi connectivity index (χ4v) is 6.10. The van der Waals surface area contributed by atoms with Crippen LogP contribution >= 0.6 is 23.1 Å². The Kier molecular flexibility index (Phi) is 5.51. The minimum absolute atomic E-state index is 0.0495. The molecule has 1 aromatic carbocycles. The lowest BCUT2D eigenvalue weighted by molar-refractivity contribution is -0.119. The molecule has 1 atom stereocenters. The van der Waals surface area contributed by atoms with Gasteiger partial charge in [-0.15, -0.1) is 17.9 Å². The van der Waals surface area contributed by atoms with Gasteiger partial charge in [0.25, 0.3) is 5.56 Å². The number of carbonyl (C=O) groups is 1. The lowest BCUT2D eigenvalue weighted by Gasteiger charge is -2.20. The number of Topliss-reactive ketones (excluding diaryl/α,β-unsaturated/α-hetero) is 1. The number of aryl methyl sites for hydroxylation is 1. The Morgan fingerprint density at radius 2 is 2.07 bits per heavy atom. The van der Waals surface area contributed by atoms with Crippen molar-refractivity contribution >= 4 is 39.1 Å². The summed E-state index contributed by atoms with van der Waals surface area (Å²) in [5.74, 6) is 0.267. The van der Waals surface area contributed by atoms with Crippen LogP contribution in [0.2, 0.25) is 0 Å². The van der Waals surface area contributed by atoms with Crippen LogP contribution in [0, 0.1) is 6.92 Å². The number of nitrogens with zero attached hydrogens (tertiary/aromatic N) is 2. The van der Waals surface area contributed by atoms with Crippen LogP contribution in [0.5, 0.6) is 0 Å². The molecule has 1 aliphatic rings. The minimum atomic E-state index is -0.108. The van der Waals surface area contributed by atoms with Crippen LogP contribution in [0.15, 0.2) is 52.9 Å². The predicted molar refractivity (Wildman–Crippen MR) is 117 cm³/mol. The van der Waals surface area contributed by atoms with Gasteiger partial charge in [0.15, 0.2) is 5.16 Å². The lowest BCUT2D eigenvalue weighted by atomic mass is 9.99. The normalized spacial score (nSPS) is 17.2. The van der Waals surface area contributed by atoms with Gasteiger partial charge in [-0.25, -0.2) is 4.98 Å². The molecule has 0 unspecified atom stereocenters. The maximum atomic E-state index is 13.3. The van der Waals surface area contributed by atoms with Gasteiger partial charge in [0.1, 0.15) is 10.6 Å². The van der Waals surface area contributed by atoms with Crippen molar-refractivity contribution < 1.29 is 4.79 Å². The topological polar surface area (TPSA) is 52.0 Å². The minimum Gasteiger partial charge on any atom is -0.298 e. The number of benzene rings is 1. The van der Waals surface area contributed by atoms with Crippen LogP contribution < -0.4 is 5.56 Å². The summed E-state index contributed by atoms with van der Waals surface area (Å²) in [5, 5.41) is 1.19. The molecule has 28 heavy (non-hydrogen) atoms. The molecular formula is C22H22N2O2S2. The number of rotatable bonds is 5. The number of hydrogen-bond acceptors (Lipinski definition) is 5. The molecule has 2 aromatic heterocycles. The highest BCUT2D eigenvalue weighted by atomic mass is 32.2. The van der Waals surface area contributed by atoms with E-state index in [1.165, 1.54) is 11.8 Å². The zero-order valence-corrected chi connectivity index (χ0v) is 17.4. The van der Waals surface area contributed by atoms with Crippen molar-refractivity contribution in [2.24, 2.45) is 0 Å². The standard InChI is InChI=1S/C22H22N2O2S2/c1-3-13-24-21(26)18-14(2)19(15-9-5-4-6-10-15)28-20(18)23-22(24)27-17-12-8-7-11-16(17)25/h3-6,9-10,17H,1,7-8,11-13H2,2H3/t17-/m1/s1. The number of allylic oxidation sites excluding steroid dienone is 1. The van der Waals surface area contributed by atoms with Gasteiger partial charge < -0.3 is 0 Å². The maximum Gasteiger partial charge on any atom is 0.263 e. The molecular weight excluding hydrogens is 388 g/mol. The molecule has 1 saturated carbocycles. The van der Waals surface area contributed by atoms with E-state index in [0.717, 1.165) is 40.1 Å². The number of aromatic nitrogens is 2. The van der Waals surface area contributed by atoms with Gasteiger partial charge in [-0.3, -0.25) is 14.2 Å². The van der Waals surface area contributed by atoms with Crippen molar-refractivity contribution in [1.29, 1.82) is 0 Å². The molecule has 0 radical (unpaired) electrons. The summed E-state index contributed by atoms with van der Waals surface area (Å²) in [5.41, 5.74) is 2.01. The monoisotopic (exact) mass is 410 g/mol. The van der Waals surface area contributed by atoms with Crippen LogP contribution in [0.3, 0.4) is 0 Å². The molecule has 0 N–H and O–H groups in total. The van der Waals surface area contributed by atoms with E-state index in [2.05, 4.69) is 18.7 Å². The highest BCUT2D eigenvalue weighted by molar-refractivity contribution is 8.00. The van der Waals surface area contributed by atoms with Crippen LogP contribution in [0.25, 0.3) is 20.7 Å². The first kappa shape index (κ1) is 19.2. The Labute approximate surface area is 172 Å². The molecule has 4 rings (SSSR count). The van der Waals surface area contributed by atoms with E-state index in [9.17, 15) is 9.59 Å². The zero-order chi connectivity index (χ0) is 19.7. The van der Waals surface area contributed by atoms with Gasteiger partial charge >= 0.3 is 0 Å². The van der Waals surface area contributed by atoms with Gasteiger partial charge in [-0.1, -0.05) is 54.6 Å². The average molecular weight is 411 g/mol. The first-order valence-electron chi connectivity index (χ1n) is 9.49. The van der Waals surface area contributed by atoms with Gasteiger partial charge in [0, 0.05) is 17.8 Å². The smallest absolute Gasteiger partial charge is 0.263 e. The molecule has 6 heteroatoms. The summed E-state index contributed by atoms with van der Waals surface area (Å²) < 4.78 is 1.66. The summed E-state index contributed by atoms with van der Waals surface area (Å²) in [6.07, 6.45) is 5.20. The fraction of sp³-hybridized carbons (Fsp3) is 0.318. The SMILES string of the molecule is C=CCn1c(S[C@@H]2CCCCC2=O)nc2sc(-c3ccccc3)c(C)c2c1=O. The van der Waals surface area contributed by atoms with E-state index in [4.69, 9.17) is 4.98 Å². The lowest BCUT2D eigenvalue weighted by Crippen LogP contribution is -2.26. The van der Waals surface area contributed by atoms with Crippen molar-refractivity contribution in [3.63, 3.8) is 0 Å². The number of carbonyl (C=O) groups excluding carboxylic acids is 1. The third-order valence-electron chi connectivity index (χ3n) is 5.11. The fourth-order valence-electron chi connectivity index (χ4n) is 3.65. The van der Waals surface area contributed by atoms with Gasteiger partial charge in [0.05, 0.1) is 10.6 Å². The van der Waals surface area contributed by atoms with Crippen molar-refractivity contribution in [1.82, 2.24) is 9.55 Å². The summed E-state index contributed by atoms with van der Waals surface area (Å²) >= 11 is 2.99. The van der Waals surface area contributed by atoms with E-state index in [1.54, 1.807) is 22.0 Å². The van der Waals surface area contributed by atoms with Crippen molar-refractivity contribution in [2.75, 3.05) is 0 Å². The van der Waals surface area contributed by atoms with Gasteiger partial charge in [-0.05, 0) is 30.9 Å². The van der Waals surface area contributed by atoms with E-state index in [1.807, 2.05) is 25.1 Å².